The highest BCUT2D eigenvalue weighted by Crippen LogP contribution is 2.12. The smallest absolute Gasteiger partial charge is 0.423 e. The van der Waals surface area contributed by atoms with Crippen LogP contribution in [0, 0.1) is 5.82 Å². The predicted octanol–water partition coefficient (Wildman–Crippen LogP) is -1.26. The topological polar surface area (TPSA) is 65.8 Å². The summed E-state index contributed by atoms with van der Waals surface area (Å²) in [4.78, 5) is 5.88. The molecule has 1 aromatic rings. The van der Waals surface area contributed by atoms with E-state index in [1.165, 1.54) is 6.07 Å². The Bertz CT molecular complexity index is 372. The van der Waals surface area contributed by atoms with Crippen LogP contribution in [-0.4, -0.2) is 48.5 Å². The van der Waals surface area contributed by atoms with Gasteiger partial charge >= 0.3 is 7.12 Å². The van der Waals surface area contributed by atoms with Crippen molar-refractivity contribution in [3.05, 3.63) is 18.1 Å². The molecule has 0 amide bonds. The zero-order valence-corrected chi connectivity index (χ0v) is 8.64. The molecule has 0 radical (unpaired) electrons. The summed E-state index contributed by atoms with van der Waals surface area (Å²) >= 11 is 0. The molecule has 1 fully saturated rings. The largest absolute Gasteiger partial charge is 0.493 e. The van der Waals surface area contributed by atoms with E-state index in [0.717, 1.165) is 6.20 Å². The first-order valence-electron chi connectivity index (χ1n) is 5.03. The number of ether oxygens (including phenoxy) is 1. The quantitative estimate of drug-likeness (QED) is 0.616. The lowest BCUT2D eigenvalue weighted by Crippen LogP contribution is -2.38. The number of pyridine rings is 1. The molecule has 0 aromatic carbocycles. The van der Waals surface area contributed by atoms with Crippen molar-refractivity contribution in [2.24, 2.45) is 0 Å². The van der Waals surface area contributed by atoms with Crippen molar-refractivity contribution in [1.82, 2.24) is 4.98 Å². The molecule has 0 atom stereocenters. The van der Waals surface area contributed by atoms with Gasteiger partial charge in [-0.25, -0.2) is 9.37 Å². The maximum atomic E-state index is 13.4. The highest BCUT2D eigenvalue weighted by atomic mass is 19.1. The van der Waals surface area contributed by atoms with Gasteiger partial charge in [-0.3, -0.25) is 0 Å². The minimum Gasteiger partial charge on any atom is -0.423 e. The fourth-order valence-corrected chi connectivity index (χ4v) is 1.59. The average Bonchev–Trinajstić information content (AvgIpc) is 2.29. The molecule has 2 heterocycles. The molecule has 1 aliphatic rings. The van der Waals surface area contributed by atoms with E-state index < -0.39 is 12.9 Å². The Balaban J connectivity index is 2.19. The van der Waals surface area contributed by atoms with Crippen LogP contribution in [0.15, 0.2) is 12.3 Å². The van der Waals surface area contributed by atoms with Crippen molar-refractivity contribution in [3.63, 3.8) is 0 Å². The average molecular weight is 226 g/mol. The van der Waals surface area contributed by atoms with Gasteiger partial charge in [-0.15, -0.1) is 0 Å². The first kappa shape index (κ1) is 11.3. The number of morpholine rings is 1. The molecule has 16 heavy (non-hydrogen) atoms. The van der Waals surface area contributed by atoms with Crippen molar-refractivity contribution >= 4 is 18.4 Å². The standard InChI is InChI=1S/C9H12BFN2O3/c11-8-5-9(12-6-7(8)10(14)15)13-1-3-16-4-2-13/h5-6,14-15H,1-4H2. The number of nitrogens with zero attached hydrogens (tertiary/aromatic N) is 2. The Morgan fingerprint density at radius 1 is 1.38 bits per heavy atom. The van der Waals surface area contributed by atoms with Crippen LogP contribution in [0.2, 0.25) is 0 Å². The van der Waals surface area contributed by atoms with E-state index in [0.29, 0.717) is 32.1 Å². The monoisotopic (exact) mass is 226 g/mol. The van der Waals surface area contributed by atoms with Crippen molar-refractivity contribution in [2.45, 2.75) is 0 Å². The summed E-state index contributed by atoms with van der Waals surface area (Å²) in [7, 11) is -1.83. The third-order valence-corrected chi connectivity index (χ3v) is 2.48. The Kier molecular flexibility index (Phi) is 3.38. The van der Waals surface area contributed by atoms with Gasteiger partial charge in [0.15, 0.2) is 0 Å². The number of halogens is 1. The second kappa shape index (κ2) is 4.77. The lowest BCUT2D eigenvalue weighted by molar-refractivity contribution is 0.122. The van der Waals surface area contributed by atoms with Crippen LogP contribution in [0.3, 0.4) is 0 Å². The summed E-state index contributed by atoms with van der Waals surface area (Å²) in [5.41, 5.74) is -0.211. The van der Waals surface area contributed by atoms with E-state index in [4.69, 9.17) is 14.8 Å². The van der Waals surface area contributed by atoms with Crippen LogP contribution in [0.5, 0.6) is 0 Å². The van der Waals surface area contributed by atoms with E-state index >= 15 is 0 Å². The SMILES string of the molecule is OB(O)c1cnc(N2CCOCC2)cc1F. The van der Waals surface area contributed by atoms with Crippen LogP contribution in [0.25, 0.3) is 0 Å². The number of anilines is 1. The third-order valence-electron chi connectivity index (χ3n) is 2.48. The summed E-state index contributed by atoms with van der Waals surface area (Å²) in [5, 5.41) is 17.7. The Labute approximate surface area is 92.6 Å². The minimum atomic E-state index is -1.83. The normalized spacial score (nSPS) is 16.3. The molecule has 1 saturated heterocycles. The maximum Gasteiger partial charge on any atom is 0.493 e. The molecular formula is C9H12BFN2O3. The summed E-state index contributed by atoms with van der Waals surface area (Å²) < 4.78 is 18.6. The molecule has 0 bridgehead atoms. The van der Waals surface area contributed by atoms with Crippen molar-refractivity contribution in [2.75, 3.05) is 31.2 Å². The first-order valence-corrected chi connectivity index (χ1v) is 5.03. The van der Waals surface area contributed by atoms with Crippen LogP contribution in [0.4, 0.5) is 10.2 Å². The zero-order valence-electron chi connectivity index (χ0n) is 8.64. The van der Waals surface area contributed by atoms with Gasteiger partial charge < -0.3 is 19.7 Å². The number of hydrogen-bond donors (Lipinski definition) is 2. The first-order chi connectivity index (χ1) is 7.68. The van der Waals surface area contributed by atoms with Crippen molar-refractivity contribution in [3.8, 4) is 0 Å². The number of aromatic nitrogens is 1. The Morgan fingerprint density at radius 3 is 2.62 bits per heavy atom. The van der Waals surface area contributed by atoms with Crippen molar-refractivity contribution in [1.29, 1.82) is 0 Å². The minimum absolute atomic E-state index is 0.211. The summed E-state index contributed by atoms with van der Waals surface area (Å²) in [6.07, 6.45) is 1.14. The van der Waals surface area contributed by atoms with Gasteiger partial charge in [0.1, 0.15) is 11.6 Å². The molecule has 0 saturated carbocycles. The van der Waals surface area contributed by atoms with E-state index in [1.54, 1.807) is 0 Å². The summed E-state index contributed by atoms with van der Waals surface area (Å²) in [6, 6.07) is 1.21. The highest BCUT2D eigenvalue weighted by molar-refractivity contribution is 6.58. The van der Waals surface area contributed by atoms with Gasteiger partial charge in [-0.1, -0.05) is 0 Å². The van der Waals surface area contributed by atoms with E-state index in [-0.39, 0.29) is 5.46 Å². The Morgan fingerprint density at radius 2 is 2.06 bits per heavy atom. The van der Waals surface area contributed by atoms with Gasteiger partial charge in [0.25, 0.3) is 0 Å². The molecule has 1 aliphatic heterocycles. The van der Waals surface area contributed by atoms with Crippen LogP contribution in [-0.2, 0) is 4.74 Å². The van der Waals surface area contributed by atoms with E-state index in [2.05, 4.69) is 4.98 Å². The van der Waals surface area contributed by atoms with Gasteiger partial charge in [-0.2, -0.15) is 0 Å². The maximum absolute atomic E-state index is 13.4. The van der Waals surface area contributed by atoms with E-state index in [9.17, 15) is 4.39 Å². The lowest BCUT2D eigenvalue weighted by Gasteiger charge is -2.27. The molecule has 1 aromatic heterocycles. The van der Waals surface area contributed by atoms with Gasteiger partial charge in [-0.05, 0) is 0 Å². The summed E-state index contributed by atoms with van der Waals surface area (Å²) in [6.45, 7) is 2.50. The molecule has 86 valence electrons. The third kappa shape index (κ3) is 2.32. The fraction of sp³-hybridized carbons (Fsp3) is 0.444. The number of rotatable bonds is 2. The van der Waals surface area contributed by atoms with Gasteiger partial charge in [0.2, 0.25) is 0 Å². The van der Waals surface area contributed by atoms with Crippen LogP contribution in [0.1, 0.15) is 0 Å². The molecule has 5 nitrogen and oxygen atoms in total. The second-order valence-electron chi connectivity index (χ2n) is 3.54. The molecule has 2 N–H and O–H groups in total. The molecule has 0 spiro atoms. The molecule has 0 unspecified atom stereocenters. The number of hydrogen-bond acceptors (Lipinski definition) is 5. The van der Waals surface area contributed by atoms with E-state index in [1.807, 2.05) is 4.90 Å². The fourth-order valence-electron chi connectivity index (χ4n) is 1.59. The molecular weight excluding hydrogens is 214 g/mol. The van der Waals surface area contributed by atoms with Gasteiger partial charge in [0.05, 0.1) is 13.2 Å². The Hall–Kier alpha value is -1.18. The highest BCUT2D eigenvalue weighted by Gasteiger charge is 2.19. The van der Waals surface area contributed by atoms with Crippen LogP contribution >= 0.6 is 0 Å². The predicted molar refractivity (Wildman–Crippen MR) is 57.1 cm³/mol. The lowest BCUT2D eigenvalue weighted by atomic mass is 9.81. The molecule has 7 heteroatoms. The molecule has 0 aliphatic carbocycles. The van der Waals surface area contributed by atoms with Gasteiger partial charge in [0, 0.05) is 30.8 Å². The zero-order chi connectivity index (χ0) is 11.5. The van der Waals surface area contributed by atoms with Crippen molar-refractivity contribution < 1.29 is 19.2 Å². The summed E-state index contributed by atoms with van der Waals surface area (Å²) in [5.74, 6) is -0.170. The molecule has 2 rings (SSSR count). The second-order valence-corrected chi connectivity index (χ2v) is 3.54. The van der Waals surface area contributed by atoms with Crippen LogP contribution < -0.4 is 10.4 Å².